The second-order valence-electron chi connectivity index (χ2n) is 16.3. The number of hydrogen-bond acceptors (Lipinski definition) is 14. The number of aliphatic imine (C=N–C) groups is 1. The first-order valence-electron chi connectivity index (χ1n) is 18.1. The number of esters is 1. The minimum Gasteiger partial charge on any atom is -0.472 e. The summed E-state index contributed by atoms with van der Waals surface area (Å²) in [6.07, 6.45) is -8.00. The topological polar surface area (TPSA) is 178 Å². The highest BCUT2D eigenvalue weighted by Crippen LogP contribution is 2.43. The summed E-state index contributed by atoms with van der Waals surface area (Å²) in [5, 5.41) is 45.6. The molecule has 3 fully saturated rings. The van der Waals surface area contributed by atoms with Gasteiger partial charge in [-0.1, -0.05) is 13.8 Å². The van der Waals surface area contributed by atoms with Crippen LogP contribution in [0, 0.1) is 17.8 Å². The molecule has 4 aliphatic heterocycles. The maximum absolute atomic E-state index is 14.0. The van der Waals surface area contributed by atoms with Crippen molar-refractivity contribution in [1.82, 2.24) is 4.90 Å². The molecular formula is C36H64N2O12. The van der Waals surface area contributed by atoms with E-state index in [2.05, 4.69) is 0 Å². The van der Waals surface area contributed by atoms with Crippen LogP contribution in [0.25, 0.3) is 0 Å². The first kappa shape index (κ1) is 41.3. The Morgan fingerprint density at radius 1 is 0.900 bits per heavy atom. The fourth-order valence-corrected chi connectivity index (χ4v) is 8.22. The molecule has 14 heteroatoms. The van der Waals surface area contributed by atoms with Crippen molar-refractivity contribution in [3.05, 3.63) is 0 Å². The summed E-state index contributed by atoms with van der Waals surface area (Å²) < 4.78 is 44.4. The summed E-state index contributed by atoms with van der Waals surface area (Å²) in [5.74, 6) is -2.83. The third-order valence-electron chi connectivity index (χ3n) is 11.8. The fraction of sp³-hybridized carbons (Fsp3) is 0.944. The number of hydrogen-bond donors (Lipinski definition) is 4. The Bertz CT molecular complexity index is 1200. The highest BCUT2D eigenvalue weighted by molar-refractivity contribution is 5.80. The van der Waals surface area contributed by atoms with Gasteiger partial charge in [0.1, 0.15) is 35.6 Å². The Kier molecular flexibility index (Phi) is 12.8. The molecule has 4 N–H and O–H groups in total. The maximum Gasteiger partial charge on any atom is 0.311 e. The normalized spacial score (nSPS) is 51.0. The van der Waals surface area contributed by atoms with Crippen molar-refractivity contribution in [1.29, 1.82) is 0 Å². The van der Waals surface area contributed by atoms with Gasteiger partial charge in [-0.15, -0.1) is 0 Å². The molecule has 0 aromatic carbocycles. The molecule has 4 aliphatic rings. The van der Waals surface area contributed by atoms with Crippen molar-refractivity contribution >= 4 is 11.9 Å². The summed E-state index contributed by atoms with van der Waals surface area (Å²) in [6, 6.07) is -0.531. The Balaban J connectivity index is 1.85. The van der Waals surface area contributed by atoms with Crippen LogP contribution in [0.3, 0.4) is 0 Å². The van der Waals surface area contributed by atoms with Crippen LogP contribution in [0.15, 0.2) is 4.99 Å². The van der Waals surface area contributed by atoms with E-state index in [1.54, 1.807) is 27.7 Å². The van der Waals surface area contributed by atoms with Crippen LogP contribution >= 0.6 is 0 Å². The lowest BCUT2D eigenvalue weighted by Gasteiger charge is -2.50. The summed E-state index contributed by atoms with van der Waals surface area (Å²) in [6.45, 7) is 17.5. The number of rotatable bonds is 6. The molecule has 0 unspecified atom stereocenters. The molecule has 50 heavy (non-hydrogen) atoms. The van der Waals surface area contributed by atoms with E-state index in [4.69, 9.17) is 38.2 Å². The molecule has 18 atom stereocenters. The summed E-state index contributed by atoms with van der Waals surface area (Å²) >= 11 is 0. The SMILES string of the molecule is CO[C@]1(C)C[C@H](O[C@H]2[C@H](C)[C@@H](O[C@H]3O[C@H](C)C[C@H](N(C)C)[C@H]3O)[C@]3(C)C[C@@H](C)N=C(O3)[C@H](C)[C@@H](O)[C@](C)(O)[C@@H](C)OC(=O)[C@@H]2C)O[C@@H](C)[C@@H]1O. The number of carbonyl (C=O) groups is 1. The van der Waals surface area contributed by atoms with Crippen LogP contribution in [0.5, 0.6) is 0 Å². The highest BCUT2D eigenvalue weighted by atomic mass is 16.7. The van der Waals surface area contributed by atoms with E-state index in [0.717, 1.165) is 0 Å². The summed E-state index contributed by atoms with van der Waals surface area (Å²) in [4.78, 5) is 20.7. The lowest BCUT2D eigenvalue weighted by atomic mass is 9.78. The van der Waals surface area contributed by atoms with Gasteiger partial charge in [0.2, 0.25) is 0 Å². The largest absolute Gasteiger partial charge is 0.472 e. The molecule has 0 aromatic heterocycles. The molecule has 4 heterocycles. The van der Waals surface area contributed by atoms with Crippen molar-refractivity contribution in [2.24, 2.45) is 22.7 Å². The average Bonchev–Trinajstić information content (AvgIpc) is 3.03. The molecule has 0 spiro atoms. The van der Waals surface area contributed by atoms with E-state index in [0.29, 0.717) is 12.8 Å². The van der Waals surface area contributed by atoms with Gasteiger partial charge in [-0.05, 0) is 75.9 Å². The number of fused-ring (bicyclic) bond motifs is 2. The summed E-state index contributed by atoms with van der Waals surface area (Å²) in [5.41, 5.74) is -4.01. The van der Waals surface area contributed by atoms with Crippen molar-refractivity contribution in [2.45, 2.75) is 179 Å². The van der Waals surface area contributed by atoms with E-state index in [9.17, 15) is 25.2 Å². The monoisotopic (exact) mass is 716 g/mol. The second kappa shape index (κ2) is 15.5. The zero-order chi connectivity index (χ0) is 37.7. The van der Waals surface area contributed by atoms with Gasteiger partial charge in [0.15, 0.2) is 18.5 Å². The van der Waals surface area contributed by atoms with Gasteiger partial charge in [0.05, 0.1) is 47.9 Å². The number of methoxy groups -OCH3 is 1. The summed E-state index contributed by atoms with van der Waals surface area (Å²) in [7, 11) is 5.32. The fourth-order valence-electron chi connectivity index (χ4n) is 8.22. The van der Waals surface area contributed by atoms with Crippen LogP contribution in [0.4, 0.5) is 0 Å². The number of carbonyl (C=O) groups excluding carboxylic acids is 1. The van der Waals surface area contributed by atoms with Gasteiger partial charge in [-0.25, -0.2) is 0 Å². The molecular weight excluding hydrogens is 652 g/mol. The van der Waals surface area contributed by atoms with Crippen molar-refractivity contribution in [3.63, 3.8) is 0 Å². The van der Waals surface area contributed by atoms with Crippen molar-refractivity contribution in [3.8, 4) is 0 Å². The molecule has 0 amide bonds. The first-order chi connectivity index (χ1) is 23.1. The maximum atomic E-state index is 14.0. The van der Waals surface area contributed by atoms with E-state index in [1.165, 1.54) is 21.0 Å². The van der Waals surface area contributed by atoms with Crippen LogP contribution in [0.2, 0.25) is 0 Å². The smallest absolute Gasteiger partial charge is 0.311 e. The van der Waals surface area contributed by atoms with Gasteiger partial charge >= 0.3 is 5.97 Å². The molecule has 0 aliphatic carbocycles. The standard InChI is InChI=1S/C36H64N2O12/c1-17-15-35(9)30(49-33-26(39)24(38(11)12)14-18(2)45-33)19(3)27(48-25-16-34(8,44-13)29(41)22(6)46-25)20(4)32(42)47-23(7)36(10,43)28(40)21(5)31(37-17)50-35/h17-30,33,39-41,43H,14-16H2,1-13H3/t17-,18-,19+,20-,21-,22+,23-,24+,25+,26-,27+,28-,29+,30-,33-,34-,35+,36-/m1/s1. The van der Waals surface area contributed by atoms with Crippen molar-refractivity contribution in [2.75, 3.05) is 21.2 Å². The number of aliphatic hydroxyl groups is 4. The lowest BCUT2D eigenvalue weighted by Crippen LogP contribution is -2.62. The van der Waals surface area contributed by atoms with E-state index < -0.39 is 95.8 Å². The number of cyclic esters (lactones) is 1. The zero-order valence-electron chi connectivity index (χ0n) is 32.2. The molecule has 2 bridgehead atoms. The number of ether oxygens (including phenoxy) is 7. The second-order valence-corrected chi connectivity index (χ2v) is 16.3. The molecule has 290 valence electrons. The van der Waals surface area contributed by atoms with E-state index in [-0.39, 0.29) is 30.5 Å². The van der Waals surface area contributed by atoms with Gasteiger partial charge in [-0.3, -0.25) is 9.79 Å². The molecule has 3 saturated heterocycles. The van der Waals surface area contributed by atoms with Crippen LogP contribution in [0.1, 0.15) is 88.5 Å². The molecule has 0 aromatic rings. The average molecular weight is 717 g/mol. The molecule has 0 radical (unpaired) electrons. The van der Waals surface area contributed by atoms with Gasteiger partial charge in [0.25, 0.3) is 0 Å². The molecule has 4 rings (SSSR count). The quantitative estimate of drug-likeness (QED) is 0.294. The third-order valence-corrected chi connectivity index (χ3v) is 11.8. The zero-order valence-corrected chi connectivity index (χ0v) is 32.2. The van der Waals surface area contributed by atoms with E-state index in [1.807, 2.05) is 46.7 Å². The van der Waals surface area contributed by atoms with Gasteiger partial charge in [-0.2, -0.15) is 0 Å². The third kappa shape index (κ3) is 8.19. The van der Waals surface area contributed by atoms with Crippen LogP contribution in [-0.4, -0.2) is 149 Å². The number of nitrogens with zero attached hydrogens (tertiary/aromatic N) is 2. The molecule has 14 nitrogen and oxygen atoms in total. The minimum absolute atomic E-state index is 0.161. The number of aliphatic hydroxyl groups excluding tert-OH is 3. The lowest BCUT2D eigenvalue weighted by molar-refractivity contribution is -0.317. The minimum atomic E-state index is -1.88. The van der Waals surface area contributed by atoms with Gasteiger partial charge < -0.3 is 58.5 Å². The van der Waals surface area contributed by atoms with E-state index >= 15 is 0 Å². The Morgan fingerprint density at radius 3 is 2.14 bits per heavy atom. The van der Waals surface area contributed by atoms with Crippen LogP contribution in [-0.2, 0) is 38.0 Å². The Hall–Kier alpha value is -1.46. The predicted octanol–water partition coefficient (Wildman–Crippen LogP) is 2.02. The first-order valence-corrected chi connectivity index (χ1v) is 18.1. The highest BCUT2D eigenvalue weighted by Gasteiger charge is 2.55. The Labute approximate surface area is 297 Å². The van der Waals surface area contributed by atoms with Crippen LogP contribution < -0.4 is 0 Å². The predicted molar refractivity (Wildman–Crippen MR) is 183 cm³/mol. The van der Waals surface area contributed by atoms with Gasteiger partial charge in [0, 0.05) is 31.9 Å². The van der Waals surface area contributed by atoms with Crippen molar-refractivity contribution < 1.29 is 58.4 Å². The molecule has 0 saturated carbocycles. The number of likely N-dealkylation sites (N-methyl/N-ethyl adjacent to an activating group) is 1. The Morgan fingerprint density at radius 2 is 1.54 bits per heavy atom.